The van der Waals surface area contributed by atoms with Gasteiger partial charge in [-0.2, -0.15) is 0 Å². The van der Waals surface area contributed by atoms with E-state index in [1.165, 1.54) is 0 Å². The van der Waals surface area contributed by atoms with E-state index in [4.69, 9.17) is 42.6 Å². The maximum atomic E-state index is 6.29. The van der Waals surface area contributed by atoms with Crippen LogP contribution in [0.25, 0.3) is 0 Å². The third-order valence-corrected chi connectivity index (χ3v) is 14.7. The zero-order valence-electron chi connectivity index (χ0n) is 41.1. The summed E-state index contributed by atoms with van der Waals surface area (Å²) in [4.78, 5) is 0. The maximum absolute atomic E-state index is 6.29. The highest BCUT2D eigenvalue weighted by Gasteiger charge is 2.32. The second-order valence-electron chi connectivity index (χ2n) is 18.1. The van der Waals surface area contributed by atoms with Crippen LogP contribution in [0.5, 0.6) is 51.7 Å². The Balaban J connectivity index is 1.28. The molecule has 6 N–H and O–H groups in total. The fraction of sp³-hybridized carbons (Fsp3) is 0.647. The Kier molecular flexibility index (Phi) is 18.1. The van der Waals surface area contributed by atoms with Gasteiger partial charge in [0.15, 0.2) is 0 Å². The predicted molar refractivity (Wildman–Crippen MR) is 257 cm³/mol. The van der Waals surface area contributed by atoms with Crippen LogP contribution < -0.4 is 74.5 Å². The first-order chi connectivity index (χ1) is 32.3. The van der Waals surface area contributed by atoms with Gasteiger partial charge < -0.3 is 74.5 Å². The minimum absolute atomic E-state index is 0.207. The van der Waals surface area contributed by atoms with E-state index in [-0.39, 0.29) is 36.3 Å². The van der Waals surface area contributed by atoms with Gasteiger partial charge >= 0.3 is 0 Å². The standard InChI is InChI=1S/C51H78N6O9/c1-58-43-22-44(59-2)32-26-53-39-18-12-13-19-40(39)55-28-34-47(62-5)24-48(63-6)36(51(34)66-9)30-57-42-21-15-14-20-41(42)56-29-35-46(61-4)23-45(60-3)33(50(35)65-8)27-54-38-17-11-10-16-37(38)52-25-31(43)49(32)64-7/h22-24,37-42,52-57H,10-21,25-30H2,1-9H3/t37-,38-,39-,40-,41-,42-/m1/s1. The van der Waals surface area contributed by atoms with Crippen molar-refractivity contribution >= 4 is 0 Å². The van der Waals surface area contributed by atoms with Gasteiger partial charge in [0.1, 0.15) is 51.7 Å². The van der Waals surface area contributed by atoms with Gasteiger partial charge in [0.05, 0.1) is 97.4 Å². The Labute approximate surface area is 393 Å². The summed E-state index contributed by atoms with van der Waals surface area (Å²) in [6, 6.07) is 7.24. The number of nitrogens with one attached hydrogen (secondary N) is 6. The molecule has 7 rings (SSSR count). The van der Waals surface area contributed by atoms with E-state index >= 15 is 0 Å². The average molecular weight is 919 g/mol. The summed E-state index contributed by atoms with van der Waals surface area (Å²) in [5.74, 6) is 6.68. The minimum Gasteiger partial charge on any atom is -0.496 e. The average Bonchev–Trinajstić information content (AvgIpc) is 3.36. The van der Waals surface area contributed by atoms with E-state index < -0.39 is 0 Å². The van der Waals surface area contributed by atoms with E-state index in [1.807, 2.05) is 18.2 Å². The van der Waals surface area contributed by atoms with Crippen LogP contribution in [0.4, 0.5) is 0 Å². The van der Waals surface area contributed by atoms with Crippen LogP contribution in [0, 0.1) is 0 Å². The zero-order valence-corrected chi connectivity index (χ0v) is 41.1. The van der Waals surface area contributed by atoms with Crippen molar-refractivity contribution in [2.45, 2.75) is 153 Å². The Morgan fingerprint density at radius 2 is 0.439 bits per heavy atom. The van der Waals surface area contributed by atoms with Crippen molar-refractivity contribution in [3.8, 4) is 51.7 Å². The lowest BCUT2D eigenvalue weighted by molar-refractivity contribution is 0.272. The smallest absolute Gasteiger partial charge is 0.135 e. The summed E-state index contributed by atoms with van der Waals surface area (Å²) >= 11 is 0. The van der Waals surface area contributed by atoms with Crippen molar-refractivity contribution in [1.82, 2.24) is 31.9 Å². The topological polar surface area (TPSA) is 155 Å². The van der Waals surface area contributed by atoms with E-state index in [2.05, 4.69) is 31.9 Å². The maximum Gasteiger partial charge on any atom is 0.135 e. The Morgan fingerprint density at radius 1 is 0.273 bits per heavy atom. The number of methoxy groups -OCH3 is 9. The van der Waals surface area contributed by atoms with Gasteiger partial charge in [0.2, 0.25) is 0 Å². The molecule has 0 saturated heterocycles. The normalized spacial score (nSPS) is 24.5. The molecule has 3 fully saturated rings. The number of benzene rings is 3. The second-order valence-corrected chi connectivity index (χ2v) is 18.1. The van der Waals surface area contributed by atoms with Gasteiger partial charge in [0, 0.05) is 93.7 Å². The third kappa shape index (κ3) is 11.0. The van der Waals surface area contributed by atoms with Crippen LogP contribution >= 0.6 is 0 Å². The molecule has 3 aromatic rings. The third-order valence-electron chi connectivity index (χ3n) is 14.7. The summed E-state index contributed by atoms with van der Waals surface area (Å²) in [5, 5.41) is 23.7. The van der Waals surface area contributed by atoms with Gasteiger partial charge in [-0.3, -0.25) is 0 Å². The van der Waals surface area contributed by atoms with E-state index in [9.17, 15) is 0 Å². The van der Waals surface area contributed by atoms with E-state index in [0.29, 0.717) is 39.3 Å². The largest absolute Gasteiger partial charge is 0.496 e. The van der Waals surface area contributed by atoms with Gasteiger partial charge in [-0.1, -0.05) is 38.5 Å². The van der Waals surface area contributed by atoms with Crippen LogP contribution in [0.1, 0.15) is 110 Å². The molecule has 0 aromatic heterocycles. The van der Waals surface area contributed by atoms with Crippen molar-refractivity contribution in [3.63, 3.8) is 0 Å². The fourth-order valence-electron chi connectivity index (χ4n) is 11.2. The van der Waals surface area contributed by atoms with Crippen molar-refractivity contribution in [3.05, 3.63) is 51.6 Å². The second kappa shape index (κ2) is 24.1. The summed E-state index contributed by atoms with van der Waals surface area (Å²) in [5.41, 5.74) is 5.82. The number of hydrogen-bond donors (Lipinski definition) is 6. The molecule has 3 saturated carbocycles. The molecule has 1 aliphatic heterocycles. The minimum atomic E-state index is 0.207. The van der Waals surface area contributed by atoms with Gasteiger partial charge in [-0.05, 0) is 38.5 Å². The molecule has 366 valence electrons. The van der Waals surface area contributed by atoms with Crippen molar-refractivity contribution in [2.24, 2.45) is 0 Å². The first kappa shape index (κ1) is 49.5. The molecule has 1 heterocycles. The van der Waals surface area contributed by atoms with Crippen LogP contribution in [-0.2, 0) is 39.3 Å². The lowest BCUT2D eigenvalue weighted by atomic mass is 9.89. The molecule has 6 atom stereocenters. The molecule has 4 aliphatic rings. The molecule has 0 unspecified atom stereocenters. The van der Waals surface area contributed by atoms with Crippen LogP contribution in [-0.4, -0.2) is 100 Å². The highest BCUT2D eigenvalue weighted by molar-refractivity contribution is 5.59. The zero-order chi connectivity index (χ0) is 46.6. The van der Waals surface area contributed by atoms with Crippen LogP contribution in [0.15, 0.2) is 18.2 Å². The SMILES string of the molecule is COc1cc(OC)c2c(OC)c1CN[C@@H]1CCCC[C@H]1NCc1c(OC)cc(OC)c(c1OC)CN[C@@H]1CCCC[C@H]1NCc1c(OC)cc(OC)c(c1OC)CN[C@@H]1CCCC[C@H]1NC2. The number of fused-ring (bicyclic) bond motifs is 9. The van der Waals surface area contributed by atoms with E-state index in [1.54, 1.807) is 64.0 Å². The summed E-state index contributed by atoms with van der Waals surface area (Å²) < 4.78 is 55.1. The van der Waals surface area contributed by atoms with Crippen molar-refractivity contribution in [2.75, 3.05) is 64.0 Å². The molecule has 0 spiro atoms. The Bertz CT molecular complexity index is 1700. The quantitative estimate of drug-likeness (QED) is 0.136. The molecule has 6 bridgehead atoms. The fourth-order valence-corrected chi connectivity index (χ4v) is 11.2. The summed E-state index contributed by atoms with van der Waals surface area (Å²) in [6.07, 6.45) is 13.2. The molecular weight excluding hydrogens is 841 g/mol. The summed E-state index contributed by atoms with van der Waals surface area (Å²) in [7, 11) is 15.5. The molecule has 15 heteroatoms. The highest BCUT2D eigenvalue weighted by atomic mass is 16.5. The monoisotopic (exact) mass is 919 g/mol. The predicted octanol–water partition coefficient (Wildman–Crippen LogP) is 6.65. The molecule has 3 aromatic carbocycles. The van der Waals surface area contributed by atoms with E-state index in [0.717, 1.165) is 162 Å². The highest BCUT2D eigenvalue weighted by Crippen LogP contribution is 2.43. The van der Waals surface area contributed by atoms with Gasteiger partial charge in [0.25, 0.3) is 0 Å². The first-order valence-corrected chi connectivity index (χ1v) is 24.2. The molecular formula is C51H78N6O9. The van der Waals surface area contributed by atoms with Gasteiger partial charge in [-0.25, -0.2) is 0 Å². The van der Waals surface area contributed by atoms with Crippen LogP contribution in [0.3, 0.4) is 0 Å². The number of rotatable bonds is 9. The Morgan fingerprint density at radius 3 is 0.576 bits per heavy atom. The van der Waals surface area contributed by atoms with Crippen molar-refractivity contribution < 1.29 is 42.6 Å². The molecule has 3 aliphatic carbocycles. The first-order valence-electron chi connectivity index (χ1n) is 24.2. The molecule has 15 nitrogen and oxygen atoms in total. The summed E-state index contributed by atoms with van der Waals surface area (Å²) in [6.45, 7) is 3.39. The van der Waals surface area contributed by atoms with Gasteiger partial charge in [-0.15, -0.1) is 0 Å². The number of ether oxygens (including phenoxy) is 9. The molecule has 0 radical (unpaired) electrons. The lowest BCUT2D eigenvalue weighted by Gasteiger charge is -2.35. The lowest BCUT2D eigenvalue weighted by Crippen LogP contribution is -2.49. The molecule has 66 heavy (non-hydrogen) atoms. The Hall–Kier alpha value is -4.38. The van der Waals surface area contributed by atoms with Crippen LogP contribution in [0.2, 0.25) is 0 Å². The number of hydrogen-bond acceptors (Lipinski definition) is 15. The van der Waals surface area contributed by atoms with Crippen molar-refractivity contribution in [1.29, 1.82) is 0 Å². The molecule has 0 amide bonds.